The van der Waals surface area contributed by atoms with Crippen molar-refractivity contribution in [3.63, 3.8) is 0 Å². The van der Waals surface area contributed by atoms with Crippen molar-refractivity contribution in [2.45, 2.75) is 12.1 Å². The molecule has 0 bridgehead atoms. The molecular formula is C7H10N2O2S. The van der Waals surface area contributed by atoms with Crippen molar-refractivity contribution in [3.8, 4) is 5.75 Å². The van der Waals surface area contributed by atoms with E-state index in [0.717, 1.165) is 5.75 Å². The lowest BCUT2D eigenvalue weighted by molar-refractivity contribution is 0.404. The number of H-pyrrole nitrogens is 1. The molecule has 12 heavy (non-hydrogen) atoms. The van der Waals surface area contributed by atoms with Crippen molar-refractivity contribution in [2.24, 2.45) is 0 Å². The second-order valence-electron chi connectivity index (χ2n) is 2.02. The van der Waals surface area contributed by atoms with Crippen LogP contribution >= 0.6 is 11.8 Å². The first-order chi connectivity index (χ1) is 5.77. The first-order valence-electron chi connectivity index (χ1n) is 3.54. The molecule has 66 valence electrons. The number of rotatable bonds is 3. The van der Waals surface area contributed by atoms with Crippen LogP contribution in [0.3, 0.4) is 0 Å². The zero-order valence-corrected chi connectivity index (χ0v) is 7.77. The molecule has 1 N–H and O–H groups in total. The molecule has 0 aliphatic heterocycles. The van der Waals surface area contributed by atoms with Gasteiger partial charge < -0.3 is 4.74 Å². The summed E-state index contributed by atoms with van der Waals surface area (Å²) in [6, 6.07) is 0. The predicted molar refractivity (Wildman–Crippen MR) is 47.8 cm³/mol. The van der Waals surface area contributed by atoms with E-state index in [-0.39, 0.29) is 11.3 Å². The fraction of sp³-hybridized carbons (Fsp3) is 0.429. The van der Waals surface area contributed by atoms with Crippen LogP contribution in [-0.2, 0) is 0 Å². The minimum atomic E-state index is -0.233. The number of hydrogen-bond donors (Lipinski definition) is 1. The van der Waals surface area contributed by atoms with Crippen LogP contribution in [0.5, 0.6) is 5.75 Å². The SMILES string of the molecule is CCSc1ncc(OC)c(=O)[nH]1. The van der Waals surface area contributed by atoms with Gasteiger partial charge in [-0.2, -0.15) is 0 Å². The Balaban J connectivity index is 2.94. The third kappa shape index (κ3) is 2.01. The summed E-state index contributed by atoms with van der Waals surface area (Å²) < 4.78 is 4.76. The van der Waals surface area contributed by atoms with Gasteiger partial charge in [0.1, 0.15) is 0 Å². The van der Waals surface area contributed by atoms with Gasteiger partial charge in [-0.3, -0.25) is 9.78 Å². The maximum absolute atomic E-state index is 11.1. The van der Waals surface area contributed by atoms with E-state index < -0.39 is 0 Å². The molecule has 1 aromatic heterocycles. The zero-order valence-electron chi connectivity index (χ0n) is 6.96. The van der Waals surface area contributed by atoms with Gasteiger partial charge in [0.15, 0.2) is 5.16 Å². The van der Waals surface area contributed by atoms with Crippen molar-refractivity contribution in [1.29, 1.82) is 0 Å². The molecule has 0 aliphatic rings. The van der Waals surface area contributed by atoms with E-state index in [1.54, 1.807) is 0 Å². The average molecular weight is 186 g/mol. The highest BCUT2D eigenvalue weighted by Crippen LogP contribution is 2.10. The molecule has 0 amide bonds. The quantitative estimate of drug-likeness (QED) is 0.562. The highest BCUT2D eigenvalue weighted by Gasteiger charge is 2.00. The standard InChI is InChI=1S/C7H10N2O2S/c1-3-12-7-8-4-5(11-2)6(10)9-7/h4H,3H2,1-2H3,(H,8,9,10). The predicted octanol–water partition coefficient (Wildman–Crippen LogP) is 0.890. The van der Waals surface area contributed by atoms with Crippen LogP contribution in [0.1, 0.15) is 6.92 Å². The maximum atomic E-state index is 11.1. The van der Waals surface area contributed by atoms with E-state index >= 15 is 0 Å². The monoisotopic (exact) mass is 186 g/mol. The summed E-state index contributed by atoms with van der Waals surface area (Å²) in [4.78, 5) is 17.7. The van der Waals surface area contributed by atoms with Crippen molar-refractivity contribution >= 4 is 11.8 Å². The molecule has 0 unspecified atom stereocenters. The number of nitrogens with zero attached hydrogens (tertiary/aromatic N) is 1. The topological polar surface area (TPSA) is 55.0 Å². The molecule has 4 nitrogen and oxygen atoms in total. The summed E-state index contributed by atoms with van der Waals surface area (Å²) >= 11 is 1.49. The number of aromatic amines is 1. The number of ether oxygens (including phenoxy) is 1. The van der Waals surface area contributed by atoms with Gasteiger partial charge in [-0.05, 0) is 5.75 Å². The second-order valence-corrected chi connectivity index (χ2v) is 3.27. The third-order valence-corrected chi connectivity index (χ3v) is 2.01. The van der Waals surface area contributed by atoms with E-state index in [1.807, 2.05) is 6.92 Å². The molecule has 1 aromatic rings. The van der Waals surface area contributed by atoms with Crippen molar-refractivity contribution in [3.05, 3.63) is 16.6 Å². The van der Waals surface area contributed by atoms with Gasteiger partial charge in [0.2, 0.25) is 5.75 Å². The molecular weight excluding hydrogens is 176 g/mol. The lowest BCUT2D eigenvalue weighted by Crippen LogP contribution is -2.10. The van der Waals surface area contributed by atoms with Gasteiger partial charge in [0.25, 0.3) is 5.56 Å². The van der Waals surface area contributed by atoms with Crippen LogP contribution in [0.25, 0.3) is 0 Å². The maximum Gasteiger partial charge on any atom is 0.293 e. The first kappa shape index (κ1) is 9.12. The van der Waals surface area contributed by atoms with Crippen molar-refractivity contribution < 1.29 is 4.74 Å². The fourth-order valence-electron chi connectivity index (χ4n) is 0.722. The Bertz CT molecular complexity index is 311. The molecule has 0 atom stereocenters. The van der Waals surface area contributed by atoms with E-state index in [1.165, 1.54) is 25.1 Å². The largest absolute Gasteiger partial charge is 0.490 e. The average Bonchev–Trinajstić information content (AvgIpc) is 2.05. The van der Waals surface area contributed by atoms with Crippen LogP contribution < -0.4 is 10.3 Å². The molecule has 0 radical (unpaired) electrons. The van der Waals surface area contributed by atoms with Crippen LogP contribution in [0.2, 0.25) is 0 Å². The van der Waals surface area contributed by atoms with Gasteiger partial charge in [-0.25, -0.2) is 4.98 Å². The molecule has 0 aliphatic carbocycles. The Kier molecular flexibility index (Phi) is 3.16. The molecule has 0 aromatic carbocycles. The van der Waals surface area contributed by atoms with Crippen molar-refractivity contribution in [1.82, 2.24) is 9.97 Å². The van der Waals surface area contributed by atoms with Gasteiger partial charge in [0.05, 0.1) is 13.3 Å². The Morgan fingerprint density at radius 3 is 3.00 bits per heavy atom. The lowest BCUT2D eigenvalue weighted by Gasteiger charge is -1.99. The minimum Gasteiger partial charge on any atom is -0.490 e. The van der Waals surface area contributed by atoms with E-state index in [2.05, 4.69) is 9.97 Å². The van der Waals surface area contributed by atoms with Gasteiger partial charge >= 0.3 is 0 Å². The van der Waals surface area contributed by atoms with Crippen molar-refractivity contribution in [2.75, 3.05) is 12.9 Å². The number of methoxy groups -OCH3 is 1. The smallest absolute Gasteiger partial charge is 0.293 e. The Morgan fingerprint density at radius 2 is 2.50 bits per heavy atom. The van der Waals surface area contributed by atoms with Crippen LogP contribution in [-0.4, -0.2) is 22.8 Å². The normalized spacial score (nSPS) is 9.83. The Hall–Kier alpha value is -0.970. The Labute approximate surface area is 74.4 Å². The lowest BCUT2D eigenvalue weighted by atomic mass is 10.6. The number of hydrogen-bond acceptors (Lipinski definition) is 4. The minimum absolute atomic E-state index is 0.233. The molecule has 0 fully saturated rings. The molecule has 0 saturated heterocycles. The summed E-state index contributed by atoms with van der Waals surface area (Å²) in [6.07, 6.45) is 1.43. The molecule has 1 heterocycles. The first-order valence-corrected chi connectivity index (χ1v) is 4.52. The molecule has 0 spiro atoms. The molecule has 5 heteroatoms. The van der Waals surface area contributed by atoms with E-state index in [4.69, 9.17) is 4.74 Å². The fourth-order valence-corrected chi connectivity index (χ4v) is 1.29. The van der Waals surface area contributed by atoms with Gasteiger partial charge in [-0.1, -0.05) is 18.7 Å². The van der Waals surface area contributed by atoms with Gasteiger partial charge in [-0.15, -0.1) is 0 Å². The summed E-state index contributed by atoms with van der Waals surface area (Å²) in [5.41, 5.74) is -0.233. The molecule has 0 saturated carbocycles. The van der Waals surface area contributed by atoms with E-state index in [9.17, 15) is 4.79 Å². The molecule has 1 rings (SSSR count). The zero-order chi connectivity index (χ0) is 8.97. The van der Waals surface area contributed by atoms with Crippen LogP contribution in [0.15, 0.2) is 16.1 Å². The number of nitrogens with one attached hydrogen (secondary N) is 1. The third-order valence-electron chi connectivity index (χ3n) is 1.24. The summed E-state index contributed by atoms with van der Waals surface area (Å²) in [7, 11) is 1.44. The Morgan fingerprint density at radius 1 is 1.75 bits per heavy atom. The summed E-state index contributed by atoms with van der Waals surface area (Å²) in [5.74, 6) is 1.13. The summed E-state index contributed by atoms with van der Waals surface area (Å²) in [6.45, 7) is 1.99. The number of aromatic nitrogens is 2. The second kappa shape index (κ2) is 4.15. The van der Waals surface area contributed by atoms with E-state index in [0.29, 0.717) is 5.16 Å². The van der Waals surface area contributed by atoms with Crippen LogP contribution in [0.4, 0.5) is 0 Å². The highest BCUT2D eigenvalue weighted by atomic mass is 32.2. The van der Waals surface area contributed by atoms with Gasteiger partial charge in [0, 0.05) is 0 Å². The highest BCUT2D eigenvalue weighted by molar-refractivity contribution is 7.99. The summed E-state index contributed by atoms with van der Waals surface area (Å²) in [5, 5.41) is 0.628. The van der Waals surface area contributed by atoms with Crippen LogP contribution in [0, 0.1) is 0 Å². The number of thioether (sulfide) groups is 1.